The fourth-order valence-corrected chi connectivity index (χ4v) is 4.37. The molecule has 3 aromatic rings. The van der Waals surface area contributed by atoms with Crippen molar-refractivity contribution in [3.05, 3.63) is 57.7 Å². The van der Waals surface area contributed by atoms with E-state index in [-0.39, 0.29) is 11.7 Å². The van der Waals surface area contributed by atoms with Gasteiger partial charge >= 0.3 is 5.97 Å². The van der Waals surface area contributed by atoms with Gasteiger partial charge in [0.15, 0.2) is 0 Å². The van der Waals surface area contributed by atoms with Crippen molar-refractivity contribution >= 4 is 44.6 Å². The first-order chi connectivity index (χ1) is 13.0. The van der Waals surface area contributed by atoms with Gasteiger partial charge < -0.3 is 14.4 Å². The number of phenols is 1. The minimum absolute atomic E-state index is 0.105. The van der Waals surface area contributed by atoms with Gasteiger partial charge in [-0.3, -0.25) is 0 Å². The standard InChI is InChI=1S/C21H22BrNO3S/c1-4-13-6-8-14(9-7-13)27-12-18-20(21(25)26-5-2)15-10-19(24)16(22)11-17(15)23(18)3/h6-11,24H,4-5,12H2,1-3H3. The number of hydrogen-bond acceptors (Lipinski definition) is 4. The van der Waals surface area contributed by atoms with E-state index in [1.807, 2.05) is 17.7 Å². The highest BCUT2D eigenvalue weighted by Gasteiger charge is 2.23. The number of rotatable bonds is 6. The zero-order valence-corrected chi connectivity index (χ0v) is 18.0. The Bertz CT molecular complexity index is 979. The summed E-state index contributed by atoms with van der Waals surface area (Å²) in [6, 6.07) is 11.9. The number of ether oxygens (including phenoxy) is 1. The van der Waals surface area contributed by atoms with Crippen LogP contribution in [-0.4, -0.2) is 22.2 Å². The number of nitrogens with zero attached hydrogens (tertiary/aromatic N) is 1. The average Bonchev–Trinajstić information content (AvgIpc) is 2.92. The Labute approximate surface area is 171 Å². The molecular weight excluding hydrogens is 426 g/mol. The molecule has 0 saturated carbocycles. The lowest BCUT2D eigenvalue weighted by Crippen LogP contribution is -2.08. The van der Waals surface area contributed by atoms with E-state index in [1.165, 1.54) is 5.56 Å². The molecule has 0 fully saturated rings. The van der Waals surface area contributed by atoms with Crippen LogP contribution in [0.2, 0.25) is 0 Å². The third-order valence-electron chi connectivity index (χ3n) is 4.58. The van der Waals surface area contributed by atoms with E-state index in [0.717, 1.165) is 22.5 Å². The number of carbonyl (C=O) groups is 1. The van der Waals surface area contributed by atoms with Crippen molar-refractivity contribution in [2.75, 3.05) is 6.61 Å². The van der Waals surface area contributed by atoms with Crippen molar-refractivity contribution in [3.63, 3.8) is 0 Å². The van der Waals surface area contributed by atoms with Crippen LogP contribution in [0.5, 0.6) is 5.75 Å². The molecule has 3 rings (SSSR count). The molecule has 0 aliphatic heterocycles. The third-order valence-corrected chi connectivity index (χ3v) is 6.23. The van der Waals surface area contributed by atoms with Crippen molar-refractivity contribution in [1.82, 2.24) is 4.57 Å². The fourth-order valence-electron chi connectivity index (χ4n) is 3.07. The maximum absolute atomic E-state index is 12.6. The molecule has 0 spiro atoms. The Morgan fingerprint density at radius 2 is 1.93 bits per heavy atom. The summed E-state index contributed by atoms with van der Waals surface area (Å²) in [4.78, 5) is 13.8. The van der Waals surface area contributed by atoms with Gasteiger partial charge in [0.1, 0.15) is 5.75 Å². The number of aromatic hydroxyl groups is 1. The maximum atomic E-state index is 12.6. The highest BCUT2D eigenvalue weighted by atomic mass is 79.9. The van der Waals surface area contributed by atoms with Gasteiger partial charge in [-0.1, -0.05) is 19.1 Å². The van der Waals surface area contributed by atoms with Gasteiger partial charge in [0.05, 0.1) is 22.2 Å². The van der Waals surface area contributed by atoms with Gasteiger partial charge in [0.25, 0.3) is 0 Å². The Morgan fingerprint density at radius 3 is 2.56 bits per heavy atom. The summed E-state index contributed by atoms with van der Waals surface area (Å²) in [6.07, 6.45) is 1.01. The molecule has 142 valence electrons. The number of thioether (sulfide) groups is 1. The summed E-state index contributed by atoms with van der Waals surface area (Å²) in [5.74, 6) is 0.373. The van der Waals surface area contributed by atoms with Crippen molar-refractivity contribution in [3.8, 4) is 5.75 Å². The van der Waals surface area contributed by atoms with Gasteiger partial charge in [-0.2, -0.15) is 0 Å². The van der Waals surface area contributed by atoms with E-state index in [2.05, 4.69) is 47.1 Å². The quantitative estimate of drug-likeness (QED) is 0.390. The molecule has 0 aliphatic rings. The van der Waals surface area contributed by atoms with Gasteiger partial charge in [0.2, 0.25) is 0 Å². The first-order valence-corrected chi connectivity index (χ1v) is 10.6. The van der Waals surface area contributed by atoms with E-state index >= 15 is 0 Å². The smallest absolute Gasteiger partial charge is 0.340 e. The van der Waals surface area contributed by atoms with Crippen molar-refractivity contribution in [1.29, 1.82) is 0 Å². The number of aryl methyl sites for hydroxylation is 2. The van der Waals surface area contributed by atoms with E-state index in [0.29, 0.717) is 27.8 Å². The predicted octanol–water partition coefficient (Wildman–Crippen LogP) is 5.68. The van der Waals surface area contributed by atoms with Crippen LogP contribution in [0.25, 0.3) is 10.9 Å². The molecule has 0 unspecified atom stereocenters. The molecule has 6 heteroatoms. The molecule has 0 radical (unpaired) electrons. The molecule has 0 amide bonds. The van der Waals surface area contributed by atoms with Crippen LogP contribution in [0, 0.1) is 0 Å². The van der Waals surface area contributed by atoms with E-state index in [4.69, 9.17) is 4.74 Å². The van der Waals surface area contributed by atoms with Gasteiger partial charge in [-0.05, 0) is 59.1 Å². The highest BCUT2D eigenvalue weighted by Crippen LogP contribution is 2.36. The van der Waals surface area contributed by atoms with Crippen LogP contribution in [0.15, 0.2) is 45.8 Å². The lowest BCUT2D eigenvalue weighted by molar-refractivity contribution is 0.0527. The normalized spacial score (nSPS) is 11.1. The lowest BCUT2D eigenvalue weighted by Gasteiger charge is -2.08. The van der Waals surface area contributed by atoms with Gasteiger partial charge in [-0.15, -0.1) is 11.8 Å². The second kappa shape index (κ2) is 8.40. The number of phenolic OH excluding ortho intramolecular Hbond substituents is 1. The zero-order chi connectivity index (χ0) is 19.6. The lowest BCUT2D eigenvalue weighted by atomic mass is 10.1. The van der Waals surface area contributed by atoms with E-state index in [1.54, 1.807) is 24.8 Å². The van der Waals surface area contributed by atoms with Crippen LogP contribution in [-0.2, 0) is 24.0 Å². The molecule has 1 aromatic heterocycles. The van der Waals surface area contributed by atoms with Crippen molar-refractivity contribution in [2.24, 2.45) is 7.05 Å². The van der Waals surface area contributed by atoms with Crippen LogP contribution >= 0.6 is 27.7 Å². The van der Waals surface area contributed by atoms with E-state index < -0.39 is 0 Å². The zero-order valence-electron chi connectivity index (χ0n) is 15.6. The molecule has 2 aromatic carbocycles. The van der Waals surface area contributed by atoms with Crippen molar-refractivity contribution in [2.45, 2.75) is 30.9 Å². The molecule has 1 heterocycles. The Morgan fingerprint density at radius 1 is 1.22 bits per heavy atom. The Hall–Kier alpha value is -1.92. The Balaban J connectivity index is 2.02. The average molecular weight is 448 g/mol. The number of aromatic nitrogens is 1. The SMILES string of the molecule is CCOC(=O)c1c(CSc2ccc(CC)cc2)n(C)c2cc(Br)c(O)cc12. The summed E-state index contributed by atoms with van der Waals surface area (Å²) in [5.41, 5.74) is 3.58. The Kier molecular flexibility index (Phi) is 6.17. The van der Waals surface area contributed by atoms with Gasteiger partial charge in [-0.25, -0.2) is 4.79 Å². The molecule has 0 atom stereocenters. The minimum Gasteiger partial charge on any atom is -0.507 e. The second-order valence-corrected chi connectivity index (χ2v) is 8.11. The van der Waals surface area contributed by atoms with Crippen LogP contribution < -0.4 is 0 Å². The topological polar surface area (TPSA) is 51.5 Å². The van der Waals surface area contributed by atoms with E-state index in [9.17, 15) is 9.90 Å². The monoisotopic (exact) mass is 447 g/mol. The maximum Gasteiger partial charge on any atom is 0.340 e. The summed E-state index contributed by atoms with van der Waals surface area (Å²) >= 11 is 5.03. The van der Waals surface area contributed by atoms with Crippen LogP contribution in [0.1, 0.15) is 35.5 Å². The number of fused-ring (bicyclic) bond motifs is 1. The minimum atomic E-state index is -0.359. The number of carbonyl (C=O) groups excluding carboxylic acids is 1. The summed E-state index contributed by atoms with van der Waals surface area (Å²) in [5, 5.41) is 10.8. The molecule has 4 nitrogen and oxygen atoms in total. The summed E-state index contributed by atoms with van der Waals surface area (Å²) < 4.78 is 7.88. The highest BCUT2D eigenvalue weighted by molar-refractivity contribution is 9.10. The van der Waals surface area contributed by atoms with Crippen LogP contribution in [0.3, 0.4) is 0 Å². The number of halogens is 1. The molecule has 27 heavy (non-hydrogen) atoms. The largest absolute Gasteiger partial charge is 0.507 e. The van der Waals surface area contributed by atoms with Crippen molar-refractivity contribution < 1.29 is 14.6 Å². The number of esters is 1. The number of hydrogen-bond donors (Lipinski definition) is 1. The fraction of sp³-hybridized carbons (Fsp3) is 0.286. The number of benzene rings is 2. The van der Waals surface area contributed by atoms with Gasteiger partial charge in [0, 0.05) is 28.8 Å². The molecule has 0 saturated heterocycles. The molecule has 0 bridgehead atoms. The molecule has 1 N–H and O–H groups in total. The second-order valence-electron chi connectivity index (χ2n) is 6.21. The first kappa shape index (κ1) is 19.8. The molecule has 0 aliphatic carbocycles. The van der Waals surface area contributed by atoms with Crippen LogP contribution in [0.4, 0.5) is 0 Å². The third kappa shape index (κ3) is 4.01. The summed E-state index contributed by atoms with van der Waals surface area (Å²) in [7, 11) is 1.94. The summed E-state index contributed by atoms with van der Waals surface area (Å²) in [6.45, 7) is 4.24. The molecular formula is C21H22BrNO3S. The first-order valence-electron chi connectivity index (χ1n) is 8.84. The predicted molar refractivity (Wildman–Crippen MR) is 114 cm³/mol.